The van der Waals surface area contributed by atoms with Gasteiger partial charge >= 0.3 is 0 Å². The Morgan fingerprint density at radius 3 is 2.50 bits per heavy atom. The number of nitrogens with one attached hydrogen (secondary N) is 2. The van der Waals surface area contributed by atoms with E-state index in [-0.39, 0.29) is 18.2 Å². The fourth-order valence-corrected chi connectivity index (χ4v) is 3.82. The molecule has 0 radical (unpaired) electrons. The Balaban J connectivity index is 1.33. The van der Waals surface area contributed by atoms with Crippen molar-refractivity contribution in [2.75, 3.05) is 23.5 Å². The van der Waals surface area contributed by atoms with Crippen molar-refractivity contribution < 1.29 is 19.1 Å². The van der Waals surface area contributed by atoms with Gasteiger partial charge in [0.05, 0.1) is 18.2 Å². The Morgan fingerprint density at radius 2 is 1.76 bits per heavy atom. The standard InChI is InChI=1S/C26H26ClN3O4/c1-2-33-22-13-11-21(12-14-22)30-16-19(15-25(30)31)26(32)29-28-23-5-3-4-6-24(23)34-17-18-7-9-20(27)10-8-18/h3-14,19,28H,2,15-17H2,1H3,(H,29,32)/t19-/m1/s1. The maximum absolute atomic E-state index is 12.8. The Labute approximate surface area is 203 Å². The van der Waals surface area contributed by atoms with Crippen LogP contribution in [0.3, 0.4) is 0 Å². The quantitative estimate of drug-likeness (QED) is 0.430. The average Bonchev–Trinajstić information content (AvgIpc) is 3.25. The lowest BCUT2D eigenvalue weighted by molar-refractivity contribution is -0.125. The number of benzene rings is 3. The van der Waals surface area contributed by atoms with E-state index in [0.29, 0.717) is 36.2 Å². The van der Waals surface area contributed by atoms with Crippen molar-refractivity contribution in [3.05, 3.63) is 83.4 Å². The molecule has 34 heavy (non-hydrogen) atoms. The number of rotatable bonds is 9. The molecule has 3 aromatic carbocycles. The van der Waals surface area contributed by atoms with E-state index in [2.05, 4.69) is 10.9 Å². The first-order valence-corrected chi connectivity index (χ1v) is 11.5. The molecular formula is C26H26ClN3O4. The highest BCUT2D eigenvalue weighted by Crippen LogP contribution is 2.28. The zero-order valence-electron chi connectivity index (χ0n) is 18.8. The fourth-order valence-electron chi connectivity index (χ4n) is 3.69. The molecule has 0 aromatic heterocycles. The Morgan fingerprint density at radius 1 is 1.03 bits per heavy atom. The van der Waals surface area contributed by atoms with Crippen molar-refractivity contribution in [3.63, 3.8) is 0 Å². The number of halogens is 1. The van der Waals surface area contributed by atoms with Crippen molar-refractivity contribution in [3.8, 4) is 11.5 Å². The third kappa shape index (κ3) is 5.80. The third-order valence-electron chi connectivity index (χ3n) is 5.47. The number of carbonyl (C=O) groups excluding carboxylic acids is 2. The summed E-state index contributed by atoms with van der Waals surface area (Å²) in [5, 5.41) is 0.667. The Kier molecular flexibility index (Phi) is 7.54. The number of hydrogen-bond donors (Lipinski definition) is 2. The fraction of sp³-hybridized carbons (Fsp3) is 0.231. The molecule has 8 heteroatoms. The van der Waals surface area contributed by atoms with E-state index < -0.39 is 5.92 Å². The summed E-state index contributed by atoms with van der Waals surface area (Å²) in [6.45, 7) is 3.17. The van der Waals surface area contributed by atoms with Gasteiger partial charge in [0.2, 0.25) is 11.8 Å². The molecule has 1 heterocycles. The summed E-state index contributed by atoms with van der Waals surface area (Å²) < 4.78 is 11.4. The number of anilines is 2. The second-order valence-electron chi connectivity index (χ2n) is 7.86. The first-order chi connectivity index (χ1) is 16.5. The van der Waals surface area contributed by atoms with E-state index in [1.807, 2.05) is 79.7 Å². The summed E-state index contributed by atoms with van der Waals surface area (Å²) in [4.78, 5) is 26.9. The van der Waals surface area contributed by atoms with Crippen LogP contribution in [0.2, 0.25) is 5.02 Å². The van der Waals surface area contributed by atoms with Gasteiger partial charge in [-0.2, -0.15) is 0 Å². The van der Waals surface area contributed by atoms with Gasteiger partial charge in [-0.25, -0.2) is 0 Å². The topological polar surface area (TPSA) is 79.9 Å². The highest BCUT2D eigenvalue weighted by Gasteiger charge is 2.35. The molecule has 1 aliphatic rings. The predicted molar refractivity (Wildman–Crippen MR) is 132 cm³/mol. The van der Waals surface area contributed by atoms with Gasteiger partial charge in [-0.3, -0.25) is 20.4 Å². The minimum Gasteiger partial charge on any atom is -0.494 e. The number of carbonyl (C=O) groups is 2. The average molecular weight is 480 g/mol. The summed E-state index contributed by atoms with van der Waals surface area (Å²) in [6, 6.07) is 22.0. The summed E-state index contributed by atoms with van der Waals surface area (Å²) in [5.74, 6) is 0.531. The molecule has 3 aromatic rings. The second-order valence-corrected chi connectivity index (χ2v) is 8.29. The first kappa shape index (κ1) is 23.4. The molecule has 0 unspecified atom stereocenters. The zero-order valence-corrected chi connectivity index (χ0v) is 19.5. The van der Waals surface area contributed by atoms with Crippen molar-refractivity contribution >= 4 is 34.8 Å². The van der Waals surface area contributed by atoms with E-state index in [4.69, 9.17) is 21.1 Å². The van der Waals surface area contributed by atoms with Gasteiger partial charge in [0, 0.05) is 23.7 Å². The first-order valence-electron chi connectivity index (χ1n) is 11.1. The van der Waals surface area contributed by atoms with Gasteiger partial charge in [0.25, 0.3) is 0 Å². The van der Waals surface area contributed by atoms with Crippen LogP contribution in [0.25, 0.3) is 0 Å². The predicted octanol–water partition coefficient (Wildman–Crippen LogP) is 4.81. The van der Waals surface area contributed by atoms with Crippen molar-refractivity contribution in [1.29, 1.82) is 0 Å². The number of hydrogen-bond acceptors (Lipinski definition) is 5. The highest BCUT2D eigenvalue weighted by molar-refractivity contribution is 6.30. The van der Waals surface area contributed by atoms with E-state index in [1.54, 1.807) is 4.90 Å². The molecule has 2 amide bonds. The van der Waals surface area contributed by atoms with E-state index >= 15 is 0 Å². The molecular weight excluding hydrogens is 454 g/mol. The lowest BCUT2D eigenvalue weighted by Gasteiger charge is -2.18. The number of para-hydroxylation sites is 2. The van der Waals surface area contributed by atoms with Gasteiger partial charge in [-0.05, 0) is 61.0 Å². The van der Waals surface area contributed by atoms with Gasteiger partial charge in [0.15, 0.2) is 0 Å². The minimum absolute atomic E-state index is 0.0870. The molecule has 1 aliphatic heterocycles. The molecule has 1 atom stereocenters. The molecule has 7 nitrogen and oxygen atoms in total. The van der Waals surface area contributed by atoms with E-state index in [0.717, 1.165) is 17.0 Å². The van der Waals surface area contributed by atoms with Crippen LogP contribution in [0, 0.1) is 5.92 Å². The molecule has 1 fully saturated rings. The van der Waals surface area contributed by atoms with Gasteiger partial charge in [-0.1, -0.05) is 35.9 Å². The molecule has 0 saturated carbocycles. The van der Waals surface area contributed by atoms with Crippen LogP contribution in [0.1, 0.15) is 18.9 Å². The van der Waals surface area contributed by atoms with Crippen LogP contribution >= 0.6 is 11.6 Å². The molecule has 176 valence electrons. The second kappa shape index (κ2) is 10.9. The largest absolute Gasteiger partial charge is 0.494 e. The Hall–Kier alpha value is -3.71. The summed E-state index contributed by atoms with van der Waals surface area (Å²) in [6.07, 6.45) is 0.148. The van der Waals surface area contributed by atoms with Crippen molar-refractivity contribution in [1.82, 2.24) is 5.43 Å². The number of ether oxygens (including phenoxy) is 2. The summed E-state index contributed by atoms with van der Waals surface area (Å²) in [5.41, 5.74) is 8.00. The SMILES string of the molecule is CCOc1ccc(N2C[C@H](C(=O)NNc3ccccc3OCc3ccc(Cl)cc3)CC2=O)cc1. The lowest BCUT2D eigenvalue weighted by atomic mass is 10.1. The molecule has 0 spiro atoms. The van der Waals surface area contributed by atoms with Crippen molar-refractivity contribution in [2.24, 2.45) is 5.92 Å². The van der Waals surface area contributed by atoms with Crippen LogP contribution in [-0.2, 0) is 16.2 Å². The molecule has 1 saturated heterocycles. The minimum atomic E-state index is -0.464. The zero-order chi connectivity index (χ0) is 23.9. The van der Waals surface area contributed by atoms with Gasteiger partial charge in [0.1, 0.15) is 18.1 Å². The monoisotopic (exact) mass is 479 g/mol. The van der Waals surface area contributed by atoms with Crippen LogP contribution in [0.4, 0.5) is 11.4 Å². The molecule has 4 rings (SSSR count). The smallest absolute Gasteiger partial charge is 0.243 e. The van der Waals surface area contributed by atoms with Crippen LogP contribution in [-0.4, -0.2) is 25.0 Å². The number of hydrazine groups is 1. The van der Waals surface area contributed by atoms with Crippen LogP contribution < -0.4 is 25.2 Å². The van der Waals surface area contributed by atoms with Crippen LogP contribution in [0.15, 0.2) is 72.8 Å². The Bertz CT molecular complexity index is 1140. The van der Waals surface area contributed by atoms with E-state index in [1.165, 1.54) is 0 Å². The summed E-state index contributed by atoms with van der Waals surface area (Å²) in [7, 11) is 0. The third-order valence-corrected chi connectivity index (χ3v) is 5.72. The lowest BCUT2D eigenvalue weighted by Crippen LogP contribution is -2.36. The molecule has 0 aliphatic carbocycles. The van der Waals surface area contributed by atoms with Crippen molar-refractivity contribution in [2.45, 2.75) is 20.0 Å². The van der Waals surface area contributed by atoms with E-state index in [9.17, 15) is 9.59 Å². The number of nitrogens with zero attached hydrogens (tertiary/aromatic N) is 1. The van der Waals surface area contributed by atoms with Crippen LogP contribution in [0.5, 0.6) is 11.5 Å². The normalized spacial score (nSPS) is 15.2. The van der Waals surface area contributed by atoms with Gasteiger partial charge in [-0.15, -0.1) is 0 Å². The van der Waals surface area contributed by atoms with Gasteiger partial charge < -0.3 is 14.4 Å². The maximum Gasteiger partial charge on any atom is 0.243 e. The summed E-state index contributed by atoms with van der Waals surface area (Å²) >= 11 is 5.93. The highest BCUT2D eigenvalue weighted by atomic mass is 35.5. The molecule has 2 N–H and O–H groups in total. The number of amides is 2. The molecule has 0 bridgehead atoms. The maximum atomic E-state index is 12.8.